The van der Waals surface area contributed by atoms with Crippen LogP contribution in [0.15, 0.2) is 30.3 Å². The SMILES string of the molecule is CN(Cc1ccccc1)S(=O)(=O)CCC(=O)NC1CC1. The van der Waals surface area contributed by atoms with Crippen LogP contribution in [0.25, 0.3) is 0 Å². The maximum Gasteiger partial charge on any atom is 0.221 e. The third-order valence-corrected chi connectivity index (χ3v) is 5.05. The van der Waals surface area contributed by atoms with E-state index in [1.165, 1.54) is 4.31 Å². The second-order valence-electron chi connectivity index (χ2n) is 5.15. The topological polar surface area (TPSA) is 66.5 Å². The van der Waals surface area contributed by atoms with E-state index in [0.29, 0.717) is 6.54 Å². The molecule has 1 N–H and O–H groups in total. The zero-order chi connectivity index (χ0) is 14.6. The minimum atomic E-state index is -3.40. The van der Waals surface area contributed by atoms with Crippen molar-refractivity contribution >= 4 is 15.9 Å². The van der Waals surface area contributed by atoms with Gasteiger partial charge in [0.05, 0.1) is 5.75 Å². The van der Waals surface area contributed by atoms with Crippen LogP contribution < -0.4 is 5.32 Å². The summed E-state index contributed by atoms with van der Waals surface area (Å²) in [6, 6.07) is 9.67. The Kier molecular flexibility index (Phi) is 4.77. The Hall–Kier alpha value is -1.40. The molecule has 6 heteroatoms. The Balaban J connectivity index is 1.83. The number of carbonyl (C=O) groups excluding carboxylic acids is 1. The molecule has 0 bridgehead atoms. The molecule has 0 saturated heterocycles. The molecule has 1 saturated carbocycles. The van der Waals surface area contributed by atoms with Crippen LogP contribution in [0.4, 0.5) is 0 Å². The van der Waals surface area contributed by atoms with E-state index in [4.69, 9.17) is 0 Å². The highest BCUT2D eigenvalue weighted by atomic mass is 32.2. The summed E-state index contributed by atoms with van der Waals surface area (Å²) >= 11 is 0. The van der Waals surface area contributed by atoms with Gasteiger partial charge < -0.3 is 5.32 Å². The highest BCUT2D eigenvalue weighted by Crippen LogP contribution is 2.18. The predicted molar refractivity (Wildman–Crippen MR) is 77.5 cm³/mol. The molecular weight excluding hydrogens is 276 g/mol. The number of amides is 1. The molecule has 0 aliphatic heterocycles. The summed E-state index contributed by atoms with van der Waals surface area (Å²) in [5.74, 6) is -0.321. The van der Waals surface area contributed by atoms with Crippen molar-refractivity contribution in [1.82, 2.24) is 9.62 Å². The van der Waals surface area contributed by atoms with Crippen LogP contribution in [0.5, 0.6) is 0 Å². The van der Waals surface area contributed by atoms with Gasteiger partial charge in [-0.05, 0) is 18.4 Å². The van der Waals surface area contributed by atoms with E-state index < -0.39 is 10.0 Å². The molecule has 1 aromatic carbocycles. The summed E-state index contributed by atoms with van der Waals surface area (Å²) in [7, 11) is -1.85. The maximum absolute atomic E-state index is 12.1. The molecule has 1 aliphatic rings. The van der Waals surface area contributed by atoms with Crippen molar-refractivity contribution in [2.45, 2.75) is 31.8 Å². The van der Waals surface area contributed by atoms with Crippen molar-refractivity contribution in [1.29, 1.82) is 0 Å². The number of rotatable bonds is 7. The lowest BCUT2D eigenvalue weighted by molar-refractivity contribution is -0.120. The van der Waals surface area contributed by atoms with Crippen LogP contribution in [-0.2, 0) is 21.4 Å². The first-order chi connectivity index (χ1) is 9.47. The number of sulfonamides is 1. The van der Waals surface area contributed by atoms with Crippen LogP contribution in [-0.4, -0.2) is 37.5 Å². The van der Waals surface area contributed by atoms with Crippen molar-refractivity contribution in [3.8, 4) is 0 Å². The standard InChI is InChI=1S/C14H20N2O3S/c1-16(11-12-5-3-2-4-6-12)20(18,19)10-9-14(17)15-13-7-8-13/h2-6,13H,7-11H2,1H3,(H,15,17). The fourth-order valence-corrected chi connectivity index (χ4v) is 2.94. The minimum Gasteiger partial charge on any atom is -0.353 e. The summed E-state index contributed by atoms with van der Waals surface area (Å²) in [5.41, 5.74) is 0.931. The largest absolute Gasteiger partial charge is 0.353 e. The van der Waals surface area contributed by atoms with Gasteiger partial charge in [-0.1, -0.05) is 30.3 Å². The minimum absolute atomic E-state index is 0.0258. The predicted octanol–water partition coefficient (Wildman–Crippen LogP) is 1.12. The summed E-state index contributed by atoms with van der Waals surface area (Å²) in [5, 5.41) is 2.79. The average Bonchev–Trinajstić information content (AvgIpc) is 3.21. The number of hydrogen-bond donors (Lipinski definition) is 1. The van der Waals surface area contributed by atoms with Gasteiger partial charge in [-0.2, -0.15) is 0 Å². The van der Waals surface area contributed by atoms with Crippen molar-refractivity contribution in [3.05, 3.63) is 35.9 Å². The smallest absolute Gasteiger partial charge is 0.221 e. The summed E-state index contributed by atoms with van der Waals surface area (Å²) < 4.78 is 25.5. The van der Waals surface area contributed by atoms with E-state index in [0.717, 1.165) is 18.4 Å². The van der Waals surface area contributed by atoms with E-state index in [1.807, 2.05) is 30.3 Å². The van der Waals surface area contributed by atoms with Gasteiger partial charge in [0.15, 0.2) is 0 Å². The van der Waals surface area contributed by atoms with Crippen molar-refractivity contribution in [2.24, 2.45) is 0 Å². The zero-order valence-corrected chi connectivity index (χ0v) is 12.4. The molecule has 1 amide bonds. The van der Waals surface area contributed by atoms with Crippen LogP contribution in [0.3, 0.4) is 0 Å². The number of carbonyl (C=O) groups is 1. The Bertz CT molecular complexity index is 553. The first kappa shape index (κ1) is 15.0. The van der Waals surface area contributed by atoms with E-state index in [1.54, 1.807) is 7.05 Å². The lowest BCUT2D eigenvalue weighted by Crippen LogP contribution is -2.32. The van der Waals surface area contributed by atoms with E-state index in [-0.39, 0.29) is 24.1 Å². The molecule has 1 fully saturated rings. The molecule has 0 atom stereocenters. The Labute approximate surface area is 120 Å². The van der Waals surface area contributed by atoms with Gasteiger partial charge in [0.1, 0.15) is 0 Å². The molecule has 1 aliphatic carbocycles. The molecule has 1 aromatic rings. The van der Waals surface area contributed by atoms with Crippen molar-refractivity contribution in [2.75, 3.05) is 12.8 Å². The summed E-state index contributed by atoms with van der Waals surface area (Å²) in [6.45, 7) is 0.327. The zero-order valence-electron chi connectivity index (χ0n) is 11.6. The summed E-state index contributed by atoms with van der Waals surface area (Å²) in [6.07, 6.45) is 2.04. The van der Waals surface area contributed by atoms with Gasteiger partial charge in [0.2, 0.25) is 15.9 Å². The molecule has 5 nitrogen and oxygen atoms in total. The Morgan fingerprint density at radius 3 is 2.55 bits per heavy atom. The number of benzene rings is 1. The third-order valence-electron chi connectivity index (χ3n) is 3.25. The van der Waals surface area contributed by atoms with Gasteiger partial charge >= 0.3 is 0 Å². The monoisotopic (exact) mass is 296 g/mol. The highest BCUT2D eigenvalue weighted by Gasteiger charge is 2.25. The lowest BCUT2D eigenvalue weighted by atomic mass is 10.2. The van der Waals surface area contributed by atoms with E-state index in [9.17, 15) is 13.2 Å². The van der Waals surface area contributed by atoms with E-state index in [2.05, 4.69) is 5.32 Å². The molecule has 2 rings (SSSR count). The molecule has 0 aromatic heterocycles. The van der Waals surface area contributed by atoms with Gasteiger partial charge in [-0.25, -0.2) is 12.7 Å². The maximum atomic E-state index is 12.1. The van der Waals surface area contributed by atoms with E-state index >= 15 is 0 Å². The Morgan fingerprint density at radius 2 is 1.95 bits per heavy atom. The lowest BCUT2D eigenvalue weighted by Gasteiger charge is -2.17. The normalized spacial score (nSPS) is 15.3. The molecule has 110 valence electrons. The van der Waals surface area contributed by atoms with Gasteiger partial charge in [-0.3, -0.25) is 4.79 Å². The van der Waals surface area contributed by atoms with Crippen molar-refractivity contribution in [3.63, 3.8) is 0 Å². The van der Waals surface area contributed by atoms with Crippen LogP contribution in [0.2, 0.25) is 0 Å². The third kappa shape index (κ3) is 4.61. The fourth-order valence-electron chi connectivity index (χ4n) is 1.84. The summed E-state index contributed by atoms with van der Waals surface area (Å²) in [4.78, 5) is 11.5. The molecule has 0 spiro atoms. The van der Waals surface area contributed by atoms with Crippen LogP contribution in [0.1, 0.15) is 24.8 Å². The second-order valence-corrected chi connectivity index (χ2v) is 7.34. The average molecular weight is 296 g/mol. The van der Waals surface area contributed by atoms with Crippen LogP contribution in [0, 0.1) is 0 Å². The first-order valence-electron chi connectivity index (χ1n) is 6.75. The van der Waals surface area contributed by atoms with Gasteiger partial charge in [-0.15, -0.1) is 0 Å². The fraction of sp³-hybridized carbons (Fsp3) is 0.500. The second kappa shape index (κ2) is 6.37. The number of nitrogens with zero attached hydrogens (tertiary/aromatic N) is 1. The molecule has 20 heavy (non-hydrogen) atoms. The van der Waals surface area contributed by atoms with Crippen molar-refractivity contribution < 1.29 is 13.2 Å². The molecule has 0 unspecified atom stereocenters. The Morgan fingerprint density at radius 1 is 1.30 bits per heavy atom. The first-order valence-corrected chi connectivity index (χ1v) is 8.35. The van der Waals surface area contributed by atoms with Gasteiger partial charge in [0.25, 0.3) is 0 Å². The van der Waals surface area contributed by atoms with Crippen LogP contribution >= 0.6 is 0 Å². The van der Waals surface area contributed by atoms with Gasteiger partial charge in [0, 0.05) is 26.1 Å². The molecular formula is C14H20N2O3S. The number of hydrogen-bond acceptors (Lipinski definition) is 3. The number of nitrogens with one attached hydrogen (secondary N) is 1. The highest BCUT2D eigenvalue weighted by molar-refractivity contribution is 7.89. The quantitative estimate of drug-likeness (QED) is 0.820. The molecule has 0 radical (unpaired) electrons. The molecule has 0 heterocycles.